The van der Waals surface area contributed by atoms with Crippen molar-refractivity contribution in [3.63, 3.8) is 0 Å². The van der Waals surface area contributed by atoms with E-state index in [0.717, 1.165) is 61.3 Å². The average molecular weight is 386 g/mol. The SMILES string of the molecule is Cc1oc(-c2ccccc2Cl)nc1CN1CCc2nnc(C(C)C)n2CC1. The molecule has 0 saturated carbocycles. The summed E-state index contributed by atoms with van der Waals surface area (Å²) in [5.41, 5.74) is 1.80. The Morgan fingerprint density at radius 1 is 1.15 bits per heavy atom. The molecule has 0 spiro atoms. The quantitative estimate of drug-likeness (QED) is 0.677. The van der Waals surface area contributed by atoms with Gasteiger partial charge in [-0.3, -0.25) is 4.90 Å². The van der Waals surface area contributed by atoms with Crippen molar-refractivity contribution in [3.8, 4) is 11.5 Å². The van der Waals surface area contributed by atoms with Gasteiger partial charge in [-0.2, -0.15) is 0 Å². The zero-order valence-electron chi connectivity index (χ0n) is 15.9. The molecule has 0 radical (unpaired) electrons. The Balaban J connectivity index is 1.50. The second-order valence-electron chi connectivity index (χ2n) is 7.31. The minimum atomic E-state index is 0.383. The Morgan fingerprint density at radius 3 is 2.74 bits per heavy atom. The van der Waals surface area contributed by atoms with E-state index >= 15 is 0 Å². The number of fused-ring (bicyclic) bond motifs is 1. The number of halogens is 1. The summed E-state index contributed by atoms with van der Waals surface area (Å²) in [6, 6.07) is 7.63. The molecular weight excluding hydrogens is 362 g/mol. The van der Waals surface area contributed by atoms with Crippen molar-refractivity contribution in [2.24, 2.45) is 0 Å². The molecule has 0 saturated heterocycles. The third-order valence-electron chi connectivity index (χ3n) is 5.03. The molecule has 0 amide bonds. The second-order valence-corrected chi connectivity index (χ2v) is 7.72. The van der Waals surface area contributed by atoms with Gasteiger partial charge in [0, 0.05) is 38.5 Å². The van der Waals surface area contributed by atoms with Crippen molar-refractivity contribution in [3.05, 3.63) is 52.4 Å². The summed E-state index contributed by atoms with van der Waals surface area (Å²) in [4.78, 5) is 7.12. The Labute approximate surface area is 164 Å². The maximum atomic E-state index is 6.29. The van der Waals surface area contributed by atoms with Crippen molar-refractivity contribution in [1.82, 2.24) is 24.6 Å². The van der Waals surface area contributed by atoms with Crippen LogP contribution in [0.4, 0.5) is 0 Å². The molecule has 6 nitrogen and oxygen atoms in total. The van der Waals surface area contributed by atoms with Gasteiger partial charge in [-0.1, -0.05) is 37.6 Å². The van der Waals surface area contributed by atoms with E-state index in [4.69, 9.17) is 21.0 Å². The highest BCUT2D eigenvalue weighted by molar-refractivity contribution is 6.33. The number of rotatable bonds is 4. The normalized spacial score (nSPS) is 15.1. The lowest BCUT2D eigenvalue weighted by molar-refractivity contribution is 0.266. The minimum absolute atomic E-state index is 0.383. The summed E-state index contributed by atoms with van der Waals surface area (Å²) in [7, 11) is 0. The van der Waals surface area contributed by atoms with Crippen LogP contribution in [0.15, 0.2) is 28.7 Å². The minimum Gasteiger partial charge on any atom is -0.441 e. The fourth-order valence-corrected chi connectivity index (χ4v) is 3.73. The van der Waals surface area contributed by atoms with Crippen LogP contribution < -0.4 is 0 Å². The smallest absolute Gasteiger partial charge is 0.228 e. The Hall–Kier alpha value is -2.18. The van der Waals surface area contributed by atoms with Gasteiger partial charge in [0.1, 0.15) is 17.4 Å². The Bertz CT molecular complexity index is 946. The molecule has 0 bridgehead atoms. The van der Waals surface area contributed by atoms with E-state index in [0.29, 0.717) is 16.8 Å². The lowest BCUT2D eigenvalue weighted by atomic mass is 10.2. The van der Waals surface area contributed by atoms with Gasteiger partial charge in [0.25, 0.3) is 0 Å². The third-order valence-corrected chi connectivity index (χ3v) is 5.36. The van der Waals surface area contributed by atoms with Crippen LogP contribution in [-0.2, 0) is 19.5 Å². The molecule has 0 N–H and O–H groups in total. The van der Waals surface area contributed by atoms with Crippen molar-refractivity contribution in [2.45, 2.75) is 46.2 Å². The zero-order chi connectivity index (χ0) is 19.0. The first kappa shape index (κ1) is 18.2. The van der Waals surface area contributed by atoms with Gasteiger partial charge in [-0.25, -0.2) is 4.98 Å². The zero-order valence-corrected chi connectivity index (χ0v) is 16.7. The number of hydrogen-bond donors (Lipinski definition) is 0. The topological polar surface area (TPSA) is 60.0 Å². The molecule has 142 valence electrons. The monoisotopic (exact) mass is 385 g/mol. The van der Waals surface area contributed by atoms with E-state index in [2.05, 4.69) is 33.5 Å². The molecule has 2 aromatic heterocycles. The van der Waals surface area contributed by atoms with Crippen molar-refractivity contribution >= 4 is 11.6 Å². The standard InChI is InChI=1S/C20H24ClN5O/c1-13(2)19-24-23-18-8-9-25(10-11-26(18)19)12-17-14(3)27-20(22-17)15-6-4-5-7-16(15)21/h4-7,13H,8-12H2,1-3H3. The molecule has 1 aliphatic rings. The van der Waals surface area contributed by atoms with E-state index in [1.165, 1.54) is 0 Å². The van der Waals surface area contributed by atoms with Gasteiger partial charge in [0.05, 0.1) is 16.3 Å². The molecule has 0 aliphatic carbocycles. The highest BCUT2D eigenvalue weighted by Gasteiger charge is 2.22. The van der Waals surface area contributed by atoms with Gasteiger partial charge in [-0.15, -0.1) is 10.2 Å². The van der Waals surface area contributed by atoms with E-state index in [9.17, 15) is 0 Å². The predicted molar refractivity (Wildman–Crippen MR) is 105 cm³/mol. The van der Waals surface area contributed by atoms with Crippen LogP contribution >= 0.6 is 11.6 Å². The summed E-state index contributed by atoms with van der Waals surface area (Å²) in [5, 5.41) is 9.40. The van der Waals surface area contributed by atoms with Gasteiger partial charge in [0.2, 0.25) is 5.89 Å². The van der Waals surface area contributed by atoms with Crippen LogP contribution in [0.3, 0.4) is 0 Å². The predicted octanol–water partition coefficient (Wildman–Crippen LogP) is 4.08. The first-order chi connectivity index (χ1) is 13.0. The van der Waals surface area contributed by atoms with E-state index in [1.54, 1.807) is 0 Å². The molecule has 0 fully saturated rings. The lowest BCUT2D eigenvalue weighted by Gasteiger charge is -2.18. The van der Waals surface area contributed by atoms with Crippen LogP contribution in [0.2, 0.25) is 5.02 Å². The highest BCUT2D eigenvalue weighted by Crippen LogP contribution is 2.29. The van der Waals surface area contributed by atoms with Crippen molar-refractivity contribution in [2.75, 3.05) is 13.1 Å². The summed E-state index contributed by atoms with van der Waals surface area (Å²) in [6.07, 6.45) is 0.897. The average Bonchev–Trinajstić information content (AvgIpc) is 3.15. The van der Waals surface area contributed by atoms with Gasteiger partial charge >= 0.3 is 0 Å². The van der Waals surface area contributed by atoms with Crippen molar-refractivity contribution < 1.29 is 4.42 Å². The largest absolute Gasteiger partial charge is 0.441 e. The summed E-state index contributed by atoms with van der Waals surface area (Å²) < 4.78 is 8.18. The number of aromatic nitrogens is 4. The molecule has 3 heterocycles. The Morgan fingerprint density at radius 2 is 1.96 bits per heavy atom. The molecule has 7 heteroatoms. The molecule has 4 rings (SSSR count). The summed E-state index contributed by atoms with van der Waals surface area (Å²) in [5.74, 6) is 3.97. The fourth-order valence-electron chi connectivity index (χ4n) is 3.51. The first-order valence-electron chi connectivity index (χ1n) is 9.38. The van der Waals surface area contributed by atoms with Crippen molar-refractivity contribution in [1.29, 1.82) is 0 Å². The fraction of sp³-hybridized carbons (Fsp3) is 0.450. The maximum Gasteiger partial charge on any atom is 0.228 e. The van der Waals surface area contributed by atoms with E-state index in [-0.39, 0.29) is 0 Å². The van der Waals surface area contributed by atoms with E-state index < -0.39 is 0 Å². The number of benzene rings is 1. The van der Waals surface area contributed by atoms with E-state index in [1.807, 2.05) is 31.2 Å². The molecule has 1 aromatic carbocycles. The van der Waals surface area contributed by atoms with Gasteiger partial charge in [-0.05, 0) is 19.1 Å². The van der Waals surface area contributed by atoms with Crippen LogP contribution in [0.1, 0.15) is 42.9 Å². The molecule has 0 unspecified atom stereocenters. The second kappa shape index (κ2) is 7.44. The van der Waals surface area contributed by atoms with Crippen LogP contribution in [-0.4, -0.2) is 37.7 Å². The van der Waals surface area contributed by atoms with Gasteiger partial charge < -0.3 is 8.98 Å². The molecule has 27 heavy (non-hydrogen) atoms. The summed E-state index contributed by atoms with van der Waals surface area (Å²) >= 11 is 6.29. The van der Waals surface area contributed by atoms with Gasteiger partial charge in [0.15, 0.2) is 0 Å². The lowest BCUT2D eigenvalue weighted by Crippen LogP contribution is -2.27. The Kier molecular flexibility index (Phi) is 5.02. The molecular formula is C20H24ClN5O. The number of aryl methyl sites for hydroxylation is 1. The number of oxazole rings is 1. The number of hydrogen-bond acceptors (Lipinski definition) is 5. The first-order valence-corrected chi connectivity index (χ1v) is 9.76. The molecule has 3 aromatic rings. The summed E-state index contributed by atoms with van der Waals surface area (Å²) in [6.45, 7) is 9.83. The number of nitrogens with zero attached hydrogens (tertiary/aromatic N) is 5. The highest BCUT2D eigenvalue weighted by atomic mass is 35.5. The molecule has 0 atom stereocenters. The maximum absolute atomic E-state index is 6.29. The van der Waals surface area contributed by atoms with Crippen LogP contribution in [0.25, 0.3) is 11.5 Å². The van der Waals surface area contributed by atoms with Crippen LogP contribution in [0.5, 0.6) is 0 Å². The third kappa shape index (κ3) is 3.64. The molecule has 1 aliphatic heterocycles. The van der Waals surface area contributed by atoms with Crippen LogP contribution in [0, 0.1) is 6.92 Å².